The highest BCUT2D eigenvalue weighted by Crippen LogP contribution is 2.58. The standard InChI is InChI=1S/C21H21N3O/c25-14-24-12-8-16(18-13-23-20-17(18)7-4-11-22-20)19(24)21(9-10-21)15-5-2-1-3-6-15/h1-7,11,13-14,16,19H,8-10,12H2,(H,22,23). The molecule has 2 aromatic heterocycles. The summed E-state index contributed by atoms with van der Waals surface area (Å²) in [6, 6.07) is 15.1. The average molecular weight is 331 g/mol. The van der Waals surface area contributed by atoms with Crippen molar-refractivity contribution in [3.8, 4) is 0 Å². The van der Waals surface area contributed by atoms with E-state index in [1.807, 2.05) is 17.2 Å². The minimum atomic E-state index is 0.106. The maximum Gasteiger partial charge on any atom is 0.210 e. The fraction of sp³-hybridized carbons (Fsp3) is 0.333. The molecule has 3 aromatic rings. The smallest absolute Gasteiger partial charge is 0.210 e. The summed E-state index contributed by atoms with van der Waals surface area (Å²) in [5.41, 5.74) is 3.72. The van der Waals surface area contributed by atoms with Crippen molar-refractivity contribution in [2.45, 2.75) is 36.6 Å². The number of pyridine rings is 1. The van der Waals surface area contributed by atoms with Crippen molar-refractivity contribution in [3.05, 3.63) is 66.0 Å². The van der Waals surface area contributed by atoms with Crippen LogP contribution in [0.25, 0.3) is 11.0 Å². The van der Waals surface area contributed by atoms with Gasteiger partial charge in [-0.3, -0.25) is 4.79 Å². The van der Waals surface area contributed by atoms with Crippen molar-refractivity contribution in [1.82, 2.24) is 14.9 Å². The molecular weight excluding hydrogens is 310 g/mol. The van der Waals surface area contributed by atoms with Crippen LogP contribution in [-0.4, -0.2) is 33.9 Å². The van der Waals surface area contributed by atoms with Crippen LogP contribution in [-0.2, 0) is 10.2 Å². The Balaban J connectivity index is 1.61. The van der Waals surface area contributed by atoms with Gasteiger partial charge in [-0.25, -0.2) is 4.98 Å². The minimum absolute atomic E-state index is 0.106. The van der Waals surface area contributed by atoms with E-state index in [0.717, 1.165) is 37.9 Å². The quantitative estimate of drug-likeness (QED) is 0.743. The predicted octanol–water partition coefficient (Wildman–Crippen LogP) is 3.61. The van der Waals surface area contributed by atoms with Crippen molar-refractivity contribution >= 4 is 17.4 Å². The van der Waals surface area contributed by atoms with Gasteiger partial charge in [-0.15, -0.1) is 0 Å². The number of fused-ring (bicyclic) bond motifs is 1. The summed E-state index contributed by atoms with van der Waals surface area (Å²) in [6.07, 6.45) is 8.30. The van der Waals surface area contributed by atoms with Crippen molar-refractivity contribution in [2.24, 2.45) is 0 Å². The lowest BCUT2D eigenvalue weighted by molar-refractivity contribution is -0.119. The summed E-state index contributed by atoms with van der Waals surface area (Å²) in [4.78, 5) is 21.6. The van der Waals surface area contributed by atoms with Gasteiger partial charge in [0.05, 0.1) is 0 Å². The summed E-state index contributed by atoms with van der Waals surface area (Å²) in [5, 5.41) is 1.19. The zero-order chi connectivity index (χ0) is 16.9. The fourth-order valence-corrected chi connectivity index (χ4v) is 4.91. The van der Waals surface area contributed by atoms with Gasteiger partial charge < -0.3 is 9.88 Å². The Labute approximate surface area is 146 Å². The van der Waals surface area contributed by atoms with Crippen LogP contribution < -0.4 is 0 Å². The van der Waals surface area contributed by atoms with E-state index in [9.17, 15) is 4.79 Å². The number of aromatic amines is 1. The second kappa shape index (κ2) is 5.45. The van der Waals surface area contributed by atoms with Crippen LogP contribution >= 0.6 is 0 Å². The Morgan fingerprint density at radius 3 is 2.76 bits per heavy atom. The molecule has 0 bridgehead atoms. The molecule has 1 N–H and O–H groups in total. The van der Waals surface area contributed by atoms with E-state index < -0.39 is 0 Å². The molecule has 1 aliphatic carbocycles. The van der Waals surface area contributed by atoms with Gasteiger partial charge in [0.25, 0.3) is 0 Å². The third-order valence-electron chi connectivity index (χ3n) is 6.16. The topological polar surface area (TPSA) is 49.0 Å². The zero-order valence-corrected chi connectivity index (χ0v) is 14.1. The third-order valence-corrected chi connectivity index (χ3v) is 6.16. The number of carbonyl (C=O) groups is 1. The van der Waals surface area contributed by atoms with E-state index in [1.165, 1.54) is 16.5 Å². The first-order valence-electron chi connectivity index (χ1n) is 9.02. The molecular formula is C21H21N3O. The van der Waals surface area contributed by atoms with Crippen LogP contribution in [0.5, 0.6) is 0 Å². The third kappa shape index (κ3) is 2.13. The number of nitrogens with one attached hydrogen (secondary N) is 1. The second-order valence-corrected chi connectivity index (χ2v) is 7.35. The number of aromatic nitrogens is 2. The lowest BCUT2D eigenvalue weighted by Gasteiger charge is -2.34. The summed E-state index contributed by atoms with van der Waals surface area (Å²) >= 11 is 0. The SMILES string of the molecule is O=CN1CCC(c2c[nH]c3ncccc23)C1C1(c2ccccc2)CC1. The molecule has 2 fully saturated rings. The summed E-state index contributed by atoms with van der Waals surface area (Å²) in [5.74, 6) is 0.353. The molecule has 0 radical (unpaired) electrons. The van der Waals surface area contributed by atoms with Crippen molar-refractivity contribution in [1.29, 1.82) is 0 Å². The van der Waals surface area contributed by atoms with E-state index in [0.29, 0.717) is 5.92 Å². The van der Waals surface area contributed by atoms with Gasteiger partial charge in [0.15, 0.2) is 0 Å². The van der Waals surface area contributed by atoms with Gasteiger partial charge in [0.2, 0.25) is 6.41 Å². The first-order chi connectivity index (χ1) is 12.3. The molecule has 0 spiro atoms. The van der Waals surface area contributed by atoms with Crippen LogP contribution in [0, 0.1) is 0 Å². The van der Waals surface area contributed by atoms with Crippen molar-refractivity contribution in [3.63, 3.8) is 0 Å². The highest BCUT2D eigenvalue weighted by Gasteiger charge is 2.57. The number of likely N-dealkylation sites (tertiary alicyclic amines) is 1. The number of carbonyl (C=O) groups excluding carboxylic acids is 1. The number of H-pyrrole nitrogens is 1. The molecule has 1 saturated heterocycles. The van der Waals surface area contributed by atoms with Crippen LogP contribution in [0.3, 0.4) is 0 Å². The first-order valence-corrected chi connectivity index (χ1v) is 9.02. The lowest BCUT2D eigenvalue weighted by atomic mass is 9.78. The molecule has 25 heavy (non-hydrogen) atoms. The molecule has 3 heterocycles. The molecule has 5 rings (SSSR count). The van der Waals surface area contributed by atoms with E-state index in [4.69, 9.17) is 0 Å². The Morgan fingerprint density at radius 2 is 2.00 bits per heavy atom. The van der Waals surface area contributed by atoms with E-state index in [-0.39, 0.29) is 11.5 Å². The molecule has 1 saturated carbocycles. The molecule has 4 heteroatoms. The first kappa shape index (κ1) is 14.7. The number of hydrogen-bond acceptors (Lipinski definition) is 2. The van der Waals surface area contributed by atoms with E-state index in [2.05, 4.69) is 52.6 Å². The van der Waals surface area contributed by atoms with Crippen LogP contribution in [0.2, 0.25) is 0 Å². The van der Waals surface area contributed by atoms with Crippen LogP contribution in [0.15, 0.2) is 54.9 Å². The lowest BCUT2D eigenvalue weighted by Crippen LogP contribution is -2.41. The van der Waals surface area contributed by atoms with E-state index in [1.54, 1.807) is 0 Å². The van der Waals surface area contributed by atoms with Crippen LogP contribution in [0.4, 0.5) is 0 Å². The molecule has 1 amide bonds. The molecule has 126 valence electrons. The maximum atomic E-state index is 11.8. The summed E-state index contributed by atoms with van der Waals surface area (Å²) in [6.45, 7) is 0.834. The summed E-state index contributed by atoms with van der Waals surface area (Å²) < 4.78 is 0. The average Bonchev–Trinajstić information content (AvgIpc) is 3.18. The number of rotatable bonds is 4. The normalized spacial score (nSPS) is 24.6. The van der Waals surface area contributed by atoms with Crippen molar-refractivity contribution in [2.75, 3.05) is 6.54 Å². The minimum Gasteiger partial charge on any atom is -0.346 e. The second-order valence-electron chi connectivity index (χ2n) is 7.35. The zero-order valence-electron chi connectivity index (χ0n) is 14.1. The van der Waals surface area contributed by atoms with Gasteiger partial charge in [0.1, 0.15) is 5.65 Å². The highest BCUT2D eigenvalue weighted by atomic mass is 16.1. The number of amides is 1. The molecule has 1 aliphatic heterocycles. The monoisotopic (exact) mass is 331 g/mol. The Bertz CT molecular complexity index is 913. The molecule has 2 unspecified atom stereocenters. The molecule has 2 aliphatic rings. The van der Waals surface area contributed by atoms with Crippen LogP contribution in [0.1, 0.15) is 36.3 Å². The largest absolute Gasteiger partial charge is 0.346 e. The van der Waals surface area contributed by atoms with E-state index >= 15 is 0 Å². The number of nitrogens with zero attached hydrogens (tertiary/aromatic N) is 2. The summed E-state index contributed by atoms with van der Waals surface area (Å²) in [7, 11) is 0. The Hall–Kier alpha value is -2.62. The number of hydrogen-bond donors (Lipinski definition) is 1. The molecule has 1 aromatic carbocycles. The highest BCUT2D eigenvalue weighted by molar-refractivity contribution is 5.80. The van der Waals surface area contributed by atoms with Crippen molar-refractivity contribution < 1.29 is 4.79 Å². The van der Waals surface area contributed by atoms with Gasteiger partial charge in [-0.05, 0) is 42.5 Å². The predicted molar refractivity (Wildman–Crippen MR) is 97.4 cm³/mol. The fourth-order valence-electron chi connectivity index (χ4n) is 4.91. The molecule has 4 nitrogen and oxygen atoms in total. The number of benzene rings is 1. The molecule has 2 atom stereocenters. The van der Waals surface area contributed by atoms with Gasteiger partial charge >= 0.3 is 0 Å². The Morgan fingerprint density at radius 1 is 1.16 bits per heavy atom. The Kier molecular flexibility index (Phi) is 3.20. The maximum absolute atomic E-state index is 11.8. The van der Waals surface area contributed by atoms with Gasteiger partial charge in [-0.2, -0.15) is 0 Å². The van der Waals surface area contributed by atoms with Gasteiger partial charge in [0, 0.05) is 41.7 Å². The van der Waals surface area contributed by atoms with Gasteiger partial charge in [-0.1, -0.05) is 30.3 Å².